The third kappa shape index (κ3) is 5.02. The van der Waals surface area contributed by atoms with E-state index in [0.717, 1.165) is 25.6 Å². The Labute approximate surface area is 179 Å². The fourth-order valence-electron chi connectivity index (χ4n) is 4.60. The number of hydrogen-bond donors (Lipinski definition) is 1. The number of benzene rings is 2. The highest BCUT2D eigenvalue weighted by Gasteiger charge is 2.26. The zero-order valence-electron chi connectivity index (χ0n) is 16.7. The van der Waals surface area contributed by atoms with Crippen LogP contribution in [-0.2, 0) is 16.3 Å². The molecule has 2 aromatic rings. The molecule has 0 unspecified atom stereocenters. The Morgan fingerprint density at radius 3 is 2.28 bits per heavy atom. The molecule has 0 aromatic heterocycles. The number of likely N-dealkylation sites (tertiary alicyclic amines) is 1. The molecule has 2 aromatic carbocycles. The van der Waals surface area contributed by atoms with E-state index in [0.29, 0.717) is 15.8 Å². The van der Waals surface area contributed by atoms with E-state index in [4.69, 9.17) is 11.6 Å². The van der Waals surface area contributed by atoms with E-state index < -0.39 is 9.84 Å². The van der Waals surface area contributed by atoms with Crippen LogP contribution in [0, 0.1) is 5.92 Å². The Balaban J connectivity index is 1.35. The summed E-state index contributed by atoms with van der Waals surface area (Å²) in [7, 11) is -3.53. The average Bonchev–Trinajstić information content (AvgIpc) is 2.75. The van der Waals surface area contributed by atoms with Gasteiger partial charge in [0, 0.05) is 11.1 Å². The van der Waals surface area contributed by atoms with Gasteiger partial charge in [0.2, 0.25) is 9.84 Å². The van der Waals surface area contributed by atoms with Crippen molar-refractivity contribution in [2.24, 2.45) is 5.92 Å². The average molecular weight is 433 g/mol. The predicted molar refractivity (Wildman–Crippen MR) is 117 cm³/mol. The van der Waals surface area contributed by atoms with Gasteiger partial charge >= 0.3 is 0 Å². The zero-order chi connectivity index (χ0) is 20.3. The number of sulfone groups is 1. The molecule has 2 fully saturated rings. The van der Waals surface area contributed by atoms with Gasteiger partial charge in [0.25, 0.3) is 0 Å². The van der Waals surface area contributed by atoms with Crippen LogP contribution in [-0.4, -0.2) is 45.5 Å². The summed E-state index contributed by atoms with van der Waals surface area (Å²) in [6, 6.07) is 14.6. The van der Waals surface area contributed by atoms with Crippen LogP contribution in [0.15, 0.2) is 58.3 Å². The standard InChI is InChI=1S/C23H29ClN2O2S/c24-20-2-1-3-23(17-20)29(27,28)22-6-4-18(5-7-22)16-19-10-14-26(15-11-19)21-8-12-25-13-9-21/h1-7,17,19,21,25H,8-16H2. The van der Waals surface area contributed by atoms with Gasteiger partial charge in [-0.25, -0.2) is 8.42 Å². The van der Waals surface area contributed by atoms with E-state index in [1.165, 1.54) is 50.4 Å². The van der Waals surface area contributed by atoms with Gasteiger partial charge in [-0.3, -0.25) is 0 Å². The maximum atomic E-state index is 12.8. The minimum absolute atomic E-state index is 0.239. The van der Waals surface area contributed by atoms with Crippen LogP contribution in [0.2, 0.25) is 5.02 Å². The van der Waals surface area contributed by atoms with Crippen LogP contribution in [0.25, 0.3) is 0 Å². The molecule has 0 spiro atoms. The van der Waals surface area contributed by atoms with Crippen LogP contribution < -0.4 is 5.32 Å². The molecule has 4 nitrogen and oxygen atoms in total. The fourth-order valence-corrected chi connectivity index (χ4v) is 6.16. The van der Waals surface area contributed by atoms with Crippen molar-refractivity contribution in [3.8, 4) is 0 Å². The lowest BCUT2D eigenvalue weighted by molar-refractivity contribution is 0.111. The highest BCUT2D eigenvalue weighted by Crippen LogP contribution is 2.27. The van der Waals surface area contributed by atoms with Gasteiger partial charge < -0.3 is 10.2 Å². The molecule has 0 atom stereocenters. The number of piperidine rings is 2. The molecular weight excluding hydrogens is 404 g/mol. The van der Waals surface area contributed by atoms with E-state index >= 15 is 0 Å². The molecule has 1 N–H and O–H groups in total. The third-order valence-electron chi connectivity index (χ3n) is 6.34. The molecule has 0 amide bonds. The van der Waals surface area contributed by atoms with Crippen LogP contribution in [0.5, 0.6) is 0 Å². The molecule has 29 heavy (non-hydrogen) atoms. The summed E-state index contributed by atoms with van der Waals surface area (Å²) < 4.78 is 25.6. The molecule has 0 saturated carbocycles. The summed E-state index contributed by atoms with van der Waals surface area (Å²) in [6.45, 7) is 4.68. The predicted octanol–water partition coefficient (Wildman–Crippen LogP) is 4.18. The summed E-state index contributed by atoms with van der Waals surface area (Å²) in [5.74, 6) is 0.684. The lowest BCUT2D eigenvalue weighted by atomic mass is 9.89. The number of nitrogens with one attached hydrogen (secondary N) is 1. The second kappa shape index (κ2) is 9.17. The second-order valence-corrected chi connectivity index (χ2v) is 10.7. The molecule has 2 aliphatic heterocycles. The van der Waals surface area contributed by atoms with Gasteiger partial charge in [0.15, 0.2) is 0 Å². The molecule has 2 heterocycles. The van der Waals surface area contributed by atoms with E-state index in [1.807, 2.05) is 12.1 Å². The van der Waals surface area contributed by atoms with Crippen LogP contribution in [0.1, 0.15) is 31.2 Å². The smallest absolute Gasteiger partial charge is 0.206 e. The molecule has 0 radical (unpaired) electrons. The van der Waals surface area contributed by atoms with Gasteiger partial charge in [-0.05, 0) is 100 Å². The number of halogens is 1. The summed E-state index contributed by atoms with van der Waals surface area (Å²) >= 11 is 5.96. The quantitative estimate of drug-likeness (QED) is 0.770. The normalized spacial score (nSPS) is 20.0. The topological polar surface area (TPSA) is 49.4 Å². The Morgan fingerprint density at radius 1 is 0.931 bits per heavy atom. The SMILES string of the molecule is O=S(=O)(c1ccc(CC2CCN(C3CCNCC3)CC2)cc1)c1cccc(Cl)c1. The fraction of sp³-hybridized carbons (Fsp3) is 0.478. The minimum atomic E-state index is -3.53. The van der Waals surface area contributed by atoms with Crippen molar-refractivity contribution < 1.29 is 8.42 Å². The zero-order valence-corrected chi connectivity index (χ0v) is 18.3. The molecule has 156 valence electrons. The van der Waals surface area contributed by atoms with E-state index in [9.17, 15) is 8.42 Å². The van der Waals surface area contributed by atoms with Crippen molar-refractivity contribution in [2.75, 3.05) is 26.2 Å². The molecule has 0 aliphatic carbocycles. The maximum absolute atomic E-state index is 12.8. The first-order valence-electron chi connectivity index (χ1n) is 10.6. The Kier molecular flexibility index (Phi) is 6.60. The Bertz CT molecular complexity index is 916. The molecule has 4 rings (SSSR count). The van der Waals surface area contributed by atoms with E-state index in [1.54, 1.807) is 30.3 Å². The number of hydrogen-bond acceptors (Lipinski definition) is 4. The molecule has 0 bridgehead atoms. The van der Waals surface area contributed by atoms with E-state index in [2.05, 4.69) is 10.2 Å². The monoisotopic (exact) mass is 432 g/mol. The van der Waals surface area contributed by atoms with Gasteiger partial charge in [0.05, 0.1) is 9.79 Å². The highest BCUT2D eigenvalue weighted by atomic mass is 35.5. The Morgan fingerprint density at radius 2 is 1.62 bits per heavy atom. The van der Waals surface area contributed by atoms with Crippen molar-refractivity contribution in [3.63, 3.8) is 0 Å². The lowest BCUT2D eigenvalue weighted by Gasteiger charge is -2.39. The van der Waals surface area contributed by atoms with E-state index in [-0.39, 0.29) is 4.90 Å². The third-order valence-corrected chi connectivity index (χ3v) is 8.34. The first kappa shape index (κ1) is 20.9. The lowest BCUT2D eigenvalue weighted by Crippen LogP contribution is -2.46. The van der Waals surface area contributed by atoms with Gasteiger partial charge in [0.1, 0.15) is 0 Å². The summed E-state index contributed by atoms with van der Waals surface area (Å²) in [5, 5.41) is 3.88. The van der Waals surface area contributed by atoms with Crippen molar-refractivity contribution in [1.82, 2.24) is 10.2 Å². The first-order valence-corrected chi connectivity index (χ1v) is 12.4. The van der Waals surface area contributed by atoms with Gasteiger partial charge in [-0.2, -0.15) is 0 Å². The number of nitrogens with zero attached hydrogens (tertiary/aromatic N) is 1. The molecule has 6 heteroatoms. The van der Waals surface area contributed by atoms with Gasteiger partial charge in [-0.15, -0.1) is 0 Å². The van der Waals surface area contributed by atoms with Crippen molar-refractivity contribution >= 4 is 21.4 Å². The molecule has 2 saturated heterocycles. The second-order valence-electron chi connectivity index (χ2n) is 8.27. The van der Waals surface area contributed by atoms with Crippen LogP contribution in [0.4, 0.5) is 0 Å². The van der Waals surface area contributed by atoms with Crippen LogP contribution >= 0.6 is 11.6 Å². The highest BCUT2D eigenvalue weighted by molar-refractivity contribution is 7.91. The Hall–Kier alpha value is -1.40. The summed E-state index contributed by atoms with van der Waals surface area (Å²) in [6.07, 6.45) is 6.02. The largest absolute Gasteiger partial charge is 0.317 e. The summed E-state index contributed by atoms with van der Waals surface area (Å²) in [4.78, 5) is 3.24. The van der Waals surface area contributed by atoms with Crippen molar-refractivity contribution in [2.45, 2.75) is 47.9 Å². The molecular formula is C23H29ClN2O2S. The minimum Gasteiger partial charge on any atom is -0.317 e. The van der Waals surface area contributed by atoms with Gasteiger partial charge in [-0.1, -0.05) is 29.8 Å². The molecule has 2 aliphatic rings. The maximum Gasteiger partial charge on any atom is 0.206 e. The van der Waals surface area contributed by atoms with Crippen molar-refractivity contribution in [1.29, 1.82) is 0 Å². The summed E-state index contributed by atoms with van der Waals surface area (Å²) in [5.41, 5.74) is 1.22. The first-order chi connectivity index (χ1) is 14.0. The van der Waals surface area contributed by atoms with Crippen LogP contribution in [0.3, 0.4) is 0 Å². The number of rotatable bonds is 5. The van der Waals surface area contributed by atoms with Crippen molar-refractivity contribution in [3.05, 3.63) is 59.1 Å².